The first-order chi connectivity index (χ1) is 11.0. The van der Waals surface area contributed by atoms with Gasteiger partial charge in [-0.25, -0.2) is 4.79 Å². The van der Waals surface area contributed by atoms with Gasteiger partial charge in [-0.2, -0.15) is 0 Å². The van der Waals surface area contributed by atoms with Gasteiger partial charge in [0.2, 0.25) is 0 Å². The second kappa shape index (κ2) is 7.66. The van der Waals surface area contributed by atoms with Gasteiger partial charge in [0.1, 0.15) is 11.4 Å². The number of benzene rings is 1. The van der Waals surface area contributed by atoms with Crippen molar-refractivity contribution >= 4 is 39.3 Å². The number of ether oxygens (including phenoxy) is 2. The number of ketones is 1. The summed E-state index contributed by atoms with van der Waals surface area (Å²) in [5.74, 6) is -0.198. The molecule has 0 fully saturated rings. The minimum absolute atomic E-state index is 0.107. The first-order valence-electron chi connectivity index (χ1n) is 6.72. The highest BCUT2D eigenvalue weighted by Crippen LogP contribution is 2.25. The number of carbonyl (C=O) groups excluding carboxylic acids is 2. The van der Waals surface area contributed by atoms with Crippen LogP contribution in [0.3, 0.4) is 0 Å². The average Bonchev–Trinajstić information content (AvgIpc) is 2.96. The minimum atomic E-state index is -0.477. The van der Waals surface area contributed by atoms with E-state index in [0.717, 1.165) is 5.56 Å². The third-order valence-electron chi connectivity index (χ3n) is 3.34. The van der Waals surface area contributed by atoms with E-state index in [4.69, 9.17) is 16.3 Å². The van der Waals surface area contributed by atoms with E-state index in [2.05, 4.69) is 25.7 Å². The van der Waals surface area contributed by atoms with Crippen LogP contribution in [0.1, 0.15) is 32.1 Å². The predicted octanol–water partition coefficient (Wildman–Crippen LogP) is 3.78. The van der Waals surface area contributed by atoms with E-state index in [1.807, 2.05) is 0 Å². The summed E-state index contributed by atoms with van der Waals surface area (Å²) in [7, 11) is 2.79. The van der Waals surface area contributed by atoms with E-state index in [-0.39, 0.29) is 12.2 Å². The van der Waals surface area contributed by atoms with Gasteiger partial charge in [0.05, 0.1) is 26.2 Å². The van der Waals surface area contributed by atoms with Crippen molar-refractivity contribution in [1.29, 1.82) is 0 Å². The summed E-state index contributed by atoms with van der Waals surface area (Å²) in [5.41, 5.74) is 2.23. The van der Waals surface area contributed by atoms with E-state index in [0.29, 0.717) is 33.1 Å². The van der Waals surface area contributed by atoms with Gasteiger partial charge in [-0.15, -0.1) is 0 Å². The molecule has 1 N–H and O–H groups in total. The highest BCUT2D eigenvalue weighted by atomic mass is 79.9. The summed E-state index contributed by atoms with van der Waals surface area (Å²) in [4.78, 5) is 27.1. The number of aromatic nitrogens is 1. The number of Topliss-reactive ketones (excluding diaryl/α,β-unsaturated/α-hetero) is 1. The number of rotatable bonds is 6. The van der Waals surface area contributed by atoms with Gasteiger partial charge in [-0.05, 0) is 29.8 Å². The van der Waals surface area contributed by atoms with Crippen molar-refractivity contribution in [3.63, 3.8) is 0 Å². The molecular formula is C16H15BrClNO4. The molecule has 0 spiro atoms. The molecule has 23 heavy (non-hydrogen) atoms. The molecule has 1 aromatic heterocycles. The second-order valence-electron chi connectivity index (χ2n) is 4.76. The predicted molar refractivity (Wildman–Crippen MR) is 90.8 cm³/mol. The molecule has 0 unspecified atom stereocenters. The van der Waals surface area contributed by atoms with Crippen molar-refractivity contribution < 1.29 is 19.1 Å². The molecule has 0 saturated heterocycles. The molecule has 1 aromatic carbocycles. The second-order valence-corrected chi connectivity index (χ2v) is 5.75. The molecule has 0 saturated carbocycles. The lowest BCUT2D eigenvalue weighted by Crippen LogP contribution is -2.08. The number of halogens is 2. The number of hydrogen-bond acceptors (Lipinski definition) is 4. The van der Waals surface area contributed by atoms with Crippen molar-refractivity contribution in [3.8, 4) is 5.75 Å². The number of H-pyrrole nitrogens is 1. The number of nitrogens with one attached hydrogen (secondary N) is 1. The summed E-state index contributed by atoms with van der Waals surface area (Å²) in [6, 6.07) is 6.52. The van der Waals surface area contributed by atoms with Crippen molar-refractivity contribution in [2.75, 3.05) is 14.2 Å². The largest absolute Gasteiger partial charge is 0.496 e. The SMILES string of the molecule is COC(=O)c1cc(CBr)c(CC(=O)c2ccc(Cl)cc2OC)[nH]1. The van der Waals surface area contributed by atoms with Gasteiger partial charge in [0, 0.05) is 16.0 Å². The maximum absolute atomic E-state index is 12.5. The summed E-state index contributed by atoms with van der Waals surface area (Å²) < 4.78 is 9.89. The molecule has 0 aliphatic heterocycles. The highest BCUT2D eigenvalue weighted by Gasteiger charge is 2.19. The van der Waals surface area contributed by atoms with Crippen molar-refractivity contribution in [1.82, 2.24) is 4.98 Å². The Morgan fingerprint density at radius 2 is 2.00 bits per heavy atom. The zero-order valence-electron chi connectivity index (χ0n) is 12.6. The van der Waals surface area contributed by atoms with Crippen LogP contribution in [0.15, 0.2) is 24.3 Å². The van der Waals surface area contributed by atoms with E-state index >= 15 is 0 Å². The van der Waals surface area contributed by atoms with Crippen LogP contribution < -0.4 is 4.74 Å². The Labute approximate surface area is 147 Å². The Hall–Kier alpha value is -1.79. The molecule has 1 heterocycles. The van der Waals surface area contributed by atoms with Crippen LogP contribution >= 0.6 is 27.5 Å². The summed E-state index contributed by atoms with van der Waals surface area (Å²) >= 11 is 9.26. The Morgan fingerprint density at radius 3 is 2.61 bits per heavy atom. The monoisotopic (exact) mass is 399 g/mol. The lowest BCUT2D eigenvalue weighted by Gasteiger charge is -2.08. The first-order valence-corrected chi connectivity index (χ1v) is 8.21. The smallest absolute Gasteiger partial charge is 0.354 e. The zero-order valence-corrected chi connectivity index (χ0v) is 15.0. The molecule has 7 heteroatoms. The van der Waals surface area contributed by atoms with Crippen LogP contribution in [0.25, 0.3) is 0 Å². The summed E-state index contributed by atoms with van der Waals surface area (Å²) in [5, 5.41) is 1.01. The maximum atomic E-state index is 12.5. The van der Waals surface area contributed by atoms with Crippen molar-refractivity contribution in [3.05, 3.63) is 51.8 Å². The van der Waals surface area contributed by atoms with Gasteiger partial charge >= 0.3 is 5.97 Å². The van der Waals surface area contributed by atoms with Gasteiger partial charge < -0.3 is 14.5 Å². The molecule has 2 rings (SSSR count). The number of esters is 1. The van der Waals surface area contributed by atoms with Gasteiger partial charge in [0.25, 0.3) is 0 Å². The first kappa shape index (κ1) is 17.6. The lowest BCUT2D eigenvalue weighted by molar-refractivity contribution is 0.0594. The Morgan fingerprint density at radius 1 is 1.26 bits per heavy atom. The quantitative estimate of drug-likeness (QED) is 0.455. The van der Waals surface area contributed by atoms with Crippen LogP contribution in [0.4, 0.5) is 0 Å². The standard InChI is InChI=1S/C16H15BrClNO4/c1-22-15-6-10(18)3-4-11(15)14(20)7-12-9(8-17)5-13(19-12)16(21)23-2/h3-6,19H,7-8H2,1-2H3. The average molecular weight is 401 g/mol. The number of carbonyl (C=O) groups is 2. The van der Waals surface area contributed by atoms with Crippen LogP contribution in [-0.2, 0) is 16.5 Å². The molecular weight excluding hydrogens is 386 g/mol. The van der Waals surface area contributed by atoms with Gasteiger partial charge in [-0.1, -0.05) is 27.5 Å². The summed E-state index contributed by atoms with van der Waals surface area (Å²) in [6.45, 7) is 0. The van der Waals surface area contributed by atoms with Crippen LogP contribution in [0.2, 0.25) is 5.02 Å². The van der Waals surface area contributed by atoms with E-state index in [1.165, 1.54) is 14.2 Å². The topological polar surface area (TPSA) is 68.4 Å². The fourth-order valence-corrected chi connectivity index (χ4v) is 2.85. The van der Waals surface area contributed by atoms with E-state index < -0.39 is 5.97 Å². The van der Waals surface area contributed by atoms with Gasteiger partial charge in [-0.3, -0.25) is 4.79 Å². The number of methoxy groups -OCH3 is 2. The molecule has 0 radical (unpaired) electrons. The normalized spacial score (nSPS) is 10.4. The third kappa shape index (κ3) is 3.95. The van der Waals surface area contributed by atoms with Crippen LogP contribution in [0, 0.1) is 0 Å². The summed E-state index contributed by atoms with van der Waals surface area (Å²) in [6.07, 6.45) is 0.107. The molecule has 0 amide bonds. The van der Waals surface area contributed by atoms with Gasteiger partial charge in [0.15, 0.2) is 5.78 Å². The molecule has 0 aliphatic rings. The molecule has 122 valence electrons. The number of aromatic amines is 1. The minimum Gasteiger partial charge on any atom is -0.496 e. The van der Waals surface area contributed by atoms with E-state index in [1.54, 1.807) is 24.3 Å². The molecule has 2 aromatic rings. The fourth-order valence-electron chi connectivity index (χ4n) is 2.19. The van der Waals surface area contributed by atoms with Crippen molar-refractivity contribution in [2.45, 2.75) is 11.8 Å². The van der Waals surface area contributed by atoms with Crippen LogP contribution in [0.5, 0.6) is 5.75 Å². The highest BCUT2D eigenvalue weighted by molar-refractivity contribution is 9.08. The number of hydrogen-bond donors (Lipinski definition) is 1. The molecule has 0 aliphatic carbocycles. The van der Waals surface area contributed by atoms with E-state index in [9.17, 15) is 9.59 Å². The van der Waals surface area contributed by atoms with Crippen LogP contribution in [-0.4, -0.2) is 31.0 Å². The Kier molecular flexibility index (Phi) is 5.85. The number of alkyl halides is 1. The Bertz CT molecular complexity index is 742. The van der Waals surface area contributed by atoms with Crippen molar-refractivity contribution in [2.24, 2.45) is 0 Å². The lowest BCUT2D eigenvalue weighted by atomic mass is 10.0. The zero-order chi connectivity index (χ0) is 17.0. The molecule has 0 bridgehead atoms. The molecule has 0 atom stereocenters. The fraction of sp³-hybridized carbons (Fsp3) is 0.250. The third-order valence-corrected chi connectivity index (χ3v) is 4.18. The molecule has 5 nitrogen and oxygen atoms in total. The Balaban J connectivity index is 2.30. The maximum Gasteiger partial charge on any atom is 0.354 e.